The fraction of sp³-hybridized carbons (Fsp3) is 0.421. The van der Waals surface area contributed by atoms with Crippen LogP contribution in [0.25, 0.3) is 0 Å². The molecule has 2 rings (SSSR count). The number of hydrogen-bond acceptors (Lipinski definition) is 5. The van der Waals surface area contributed by atoms with Crippen LogP contribution >= 0.6 is 46.9 Å². The van der Waals surface area contributed by atoms with Crippen LogP contribution in [-0.4, -0.2) is 56.0 Å². The van der Waals surface area contributed by atoms with E-state index in [1.54, 1.807) is 49.8 Å². The van der Waals surface area contributed by atoms with Gasteiger partial charge in [-0.1, -0.05) is 23.7 Å². The van der Waals surface area contributed by atoms with Crippen molar-refractivity contribution in [2.75, 3.05) is 34.3 Å². The lowest BCUT2D eigenvalue weighted by Crippen LogP contribution is -2.42. The zero-order chi connectivity index (χ0) is 20.5. The molecule has 0 bridgehead atoms. The van der Waals surface area contributed by atoms with Crippen LogP contribution in [0.3, 0.4) is 0 Å². The van der Waals surface area contributed by atoms with Gasteiger partial charge in [0.1, 0.15) is 11.1 Å². The summed E-state index contributed by atoms with van der Waals surface area (Å²) in [6.45, 7) is 3.58. The van der Waals surface area contributed by atoms with Gasteiger partial charge in [0.05, 0.1) is 22.8 Å². The Bertz CT molecular complexity index is 817. The summed E-state index contributed by atoms with van der Waals surface area (Å²) in [5.74, 6) is 0.527. The highest BCUT2D eigenvalue weighted by Crippen LogP contribution is 2.20. The average molecular weight is 552 g/mol. The largest absolute Gasteiger partial charge is 0.375 e. The molecule has 0 saturated carbocycles. The third-order valence-electron chi connectivity index (χ3n) is 4.06. The minimum absolute atomic E-state index is 0. The van der Waals surface area contributed by atoms with E-state index in [1.165, 1.54) is 0 Å². The molecular formula is C19H27ClIN5O2S. The number of halogens is 2. The fourth-order valence-electron chi connectivity index (χ4n) is 2.48. The molecule has 0 aliphatic carbocycles. The van der Waals surface area contributed by atoms with Crippen LogP contribution < -0.4 is 10.6 Å². The van der Waals surface area contributed by atoms with Gasteiger partial charge in [0, 0.05) is 39.7 Å². The number of hydrogen-bond donors (Lipinski definition) is 2. The topological polar surface area (TPSA) is 78.9 Å². The highest BCUT2D eigenvalue weighted by atomic mass is 127. The predicted molar refractivity (Wildman–Crippen MR) is 130 cm³/mol. The van der Waals surface area contributed by atoms with Crippen molar-refractivity contribution in [1.29, 1.82) is 0 Å². The Morgan fingerprint density at radius 2 is 2.03 bits per heavy atom. The Kier molecular flexibility index (Phi) is 11.5. The predicted octanol–water partition coefficient (Wildman–Crippen LogP) is 3.56. The molecule has 29 heavy (non-hydrogen) atoms. The second-order valence-corrected chi connectivity index (χ2v) is 7.42. The number of rotatable bonds is 8. The first kappa shape index (κ1) is 25.6. The second kappa shape index (κ2) is 13.0. The first-order chi connectivity index (χ1) is 13.5. The highest BCUT2D eigenvalue weighted by Gasteiger charge is 2.13. The summed E-state index contributed by atoms with van der Waals surface area (Å²) in [6.07, 6.45) is -0.0109. The van der Waals surface area contributed by atoms with E-state index in [9.17, 15) is 4.79 Å². The van der Waals surface area contributed by atoms with Crippen molar-refractivity contribution in [1.82, 2.24) is 20.5 Å². The maximum atomic E-state index is 12.2. The van der Waals surface area contributed by atoms with Gasteiger partial charge in [-0.05, 0) is 19.1 Å². The van der Waals surface area contributed by atoms with Crippen LogP contribution in [0.15, 0.2) is 34.6 Å². The summed E-state index contributed by atoms with van der Waals surface area (Å²) in [7, 11) is 5.34. The first-order valence-corrected chi connectivity index (χ1v) is 10.1. The van der Waals surface area contributed by atoms with Gasteiger partial charge in [-0.25, -0.2) is 4.98 Å². The summed E-state index contributed by atoms with van der Waals surface area (Å²) in [5.41, 5.74) is 1.43. The van der Waals surface area contributed by atoms with Crippen LogP contribution in [0.2, 0.25) is 5.02 Å². The lowest BCUT2D eigenvalue weighted by molar-refractivity contribution is 0.0954. The van der Waals surface area contributed by atoms with Crippen LogP contribution in [0.4, 0.5) is 0 Å². The van der Waals surface area contributed by atoms with Crippen molar-refractivity contribution in [2.24, 2.45) is 4.99 Å². The van der Waals surface area contributed by atoms with E-state index in [0.29, 0.717) is 30.2 Å². The number of carbonyl (C=O) groups is 1. The molecule has 1 atom stereocenters. The Balaban J connectivity index is 0.00000420. The molecule has 1 heterocycles. The number of amides is 1. The Hall–Kier alpha value is -1.43. The molecule has 0 spiro atoms. The van der Waals surface area contributed by atoms with E-state index in [-0.39, 0.29) is 36.0 Å². The van der Waals surface area contributed by atoms with Gasteiger partial charge < -0.3 is 20.3 Å². The maximum absolute atomic E-state index is 12.2. The number of nitrogens with zero attached hydrogens (tertiary/aromatic N) is 3. The van der Waals surface area contributed by atoms with Gasteiger partial charge in [-0.2, -0.15) is 0 Å². The van der Waals surface area contributed by atoms with Gasteiger partial charge in [-0.15, -0.1) is 35.3 Å². The molecule has 0 radical (unpaired) electrons. The monoisotopic (exact) mass is 551 g/mol. The lowest BCUT2D eigenvalue weighted by atomic mass is 10.2. The van der Waals surface area contributed by atoms with Crippen molar-refractivity contribution >= 4 is 58.8 Å². The summed E-state index contributed by atoms with van der Waals surface area (Å²) >= 11 is 7.62. The zero-order valence-electron chi connectivity index (χ0n) is 16.9. The first-order valence-electron chi connectivity index (χ1n) is 8.87. The zero-order valence-corrected chi connectivity index (χ0v) is 20.8. The number of benzene rings is 1. The molecule has 10 heteroatoms. The summed E-state index contributed by atoms with van der Waals surface area (Å²) in [5, 5.41) is 9.50. The Morgan fingerprint density at radius 3 is 2.69 bits per heavy atom. The molecule has 0 saturated heterocycles. The van der Waals surface area contributed by atoms with Crippen LogP contribution in [0, 0.1) is 0 Å². The standard InChI is InChI=1S/C19H26ClN5O2S.HI/c1-13(27-4)18-24-14(12-28-18)11-25(3)19(21-2)23-10-9-22-17(26)15-7-5-6-8-16(15)20;/h5-8,12-13H,9-11H2,1-4H3,(H,21,23)(H,22,26);1H. The molecule has 2 N–H and O–H groups in total. The Morgan fingerprint density at radius 1 is 1.34 bits per heavy atom. The smallest absolute Gasteiger partial charge is 0.252 e. The number of ether oxygens (including phenoxy) is 1. The van der Waals surface area contributed by atoms with E-state index < -0.39 is 0 Å². The molecular weight excluding hydrogens is 525 g/mol. The third kappa shape index (κ3) is 7.72. The van der Waals surface area contributed by atoms with Gasteiger partial charge >= 0.3 is 0 Å². The molecule has 160 valence electrons. The maximum Gasteiger partial charge on any atom is 0.252 e. The third-order valence-corrected chi connectivity index (χ3v) is 5.44. The minimum Gasteiger partial charge on any atom is -0.375 e. The average Bonchev–Trinajstić information content (AvgIpc) is 3.15. The molecule has 1 aromatic carbocycles. The van der Waals surface area contributed by atoms with Crippen molar-refractivity contribution in [2.45, 2.75) is 19.6 Å². The number of nitrogens with one attached hydrogen (secondary N) is 2. The molecule has 7 nitrogen and oxygen atoms in total. The van der Waals surface area contributed by atoms with Crippen LogP contribution in [0.1, 0.15) is 34.1 Å². The van der Waals surface area contributed by atoms with E-state index >= 15 is 0 Å². The molecule has 0 fully saturated rings. The quantitative estimate of drug-likeness (QED) is 0.227. The van der Waals surface area contributed by atoms with E-state index in [0.717, 1.165) is 16.7 Å². The second-order valence-electron chi connectivity index (χ2n) is 6.12. The summed E-state index contributed by atoms with van der Waals surface area (Å²) < 4.78 is 5.30. The number of guanidine groups is 1. The molecule has 2 aromatic rings. The van der Waals surface area contributed by atoms with Crippen LogP contribution in [-0.2, 0) is 11.3 Å². The summed E-state index contributed by atoms with van der Waals surface area (Å²) in [4.78, 5) is 23.0. The van der Waals surface area contributed by atoms with Crippen molar-refractivity contribution in [3.05, 3.63) is 50.9 Å². The molecule has 1 amide bonds. The van der Waals surface area contributed by atoms with Crippen molar-refractivity contribution in [3.8, 4) is 0 Å². The number of thiazole rings is 1. The number of aliphatic imine (C=N–C) groups is 1. The van der Waals surface area contributed by atoms with E-state index in [2.05, 4.69) is 20.6 Å². The lowest BCUT2D eigenvalue weighted by Gasteiger charge is -2.21. The number of carbonyl (C=O) groups excluding carboxylic acids is 1. The van der Waals surface area contributed by atoms with Crippen molar-refractivity contribution in [3.63, 3.8) is 0 Å². The van der Waals surface area contributed by atoms with Crippen molar-refractivity contribution < 1.29 is 9.53 Å². The van der Waals surface area contributed by atoms with Gasteiger partial charge in [-0.3, -0.25) is 9.79 Å². The SMILES string of the molecule is CN=C(NCCNC(=O)c1ccccc1Cl)N(C)Cc1csc(C(C)OC)n1.I. The van der Waals surface area contributed by atoms with Gasteiger partial charge in [0.2, 0.25) is 0 Å². The molecule has 0 aliphatic heterocycles. The highest BCUT2D eigenvalue weighted by molar-refractivity contribution is 14.0. The van der Waals surface area contributed by atoms with Gasteiger partial charge in [0.15, 0.2) is 5.96 Å². The summed E-state index contributed by atoms with van der Waals surface area (Å²) in [6, 6.07) is 6.97. The van der Waals surface area contributed by atoms with E-state index in [1.807, 2.05) is 24.3 Å². The van der Waals surface area contributed by atoms with Gasteiger partial charge in [0.25, 0.3) is 5.91 Å². The fourth-order valence-corrected chi connectivity index (χ4v) is 3.54. The van der Waals surface area contributed by atoms with Crippen LogP contribution in [0.5, 0.6) is 0 Å². The normalized spacial score (nSPS) is 12.1. The Labute approximate surface area is 197 Å². The molecule has 1 unspecified atom stereocenters. The molecule has 0 aliphatic rings. The minimum atomic E-state index is -0.196. The van der Waals surface area contributed by atoms with E-state index in [4.69, 9.17) is 16.3 Å². The number of methoxy groups -OCH3 is 1. The number of aromatic nitrogens is 1. The molecule has 1 aromatic heterocycles.